The minimum atomic E-state index is 0.303. The molecule has 18 heavy (non-hydrogen) atoms. The Hall–Kier alpha value is -0.930. The summed E-state index contributed by atoms with van der Waals surface area (Å²) >= 11 is 6.37. The fraction of sp³-hybridized carbons (Fsp3) is 0.571. The number of benzene rings is 1. The highest BCUT2D eigenvalue weighted by molar-refractivity contribution is 6.31. The molecule has 1 unspecified atom stereocenters. The number of hydrogen-bond donors (Lipinski definition) is 1. The minimum absolute atomic E-state index is 0.303. The lowest BCUT2D eigenvalue weighted by Crippen LogP contribution is -2.35. The van der Waals surface area contributed by atoms with Crippen LogP contribution in [-0.2, 0) is 6.42 Å². The average Bonchev–Trinajstić information content (AvgIpc) is 2.84. The third kappa shape index (κ3) is 2.17. The lowest BCUT2D eigenvalue weighted by molar-refractivity contribution is 0.173. The number of rotatable bonds is 2. The molecule has 4 heteroatoms. The zero-order chi connectivity index (χ0) is 12.5. The van der Waals surface area contributed by atoms with Gasteiger partial charge in [-0.15, -0.1) is 0 Å². The second-order valence-corrected chi connectivity index (χ2v) is 5.45. The van der Waals surface area contributed by atoms with Gasteiger partial charge in [0.25, 0.3) is 0 Å². The van der Waals surface area contributed by atoms with E-state index in [1.807, 2.05) is 6.07 Å². The van der Waals surface area contributed by atoms with E-state index < -0.39 is 0 Å². The monoisotopic (exact) mass is 267 g/mol. The van der Waals surface area contributed by atoms with E-state index in [0.29, 0.717) is 12.8 Å². The molecule has 2 aliphatic rings. The van der Waals surface area contributed by atoms with Gasteiger partial charge in [-0.25, -0.2) is 0 Å². The van der Waals surface area contributed by atoms with E-state index >= 15 is 0 Å². The molecule has 98 valence electrons. The number of ether oxygens (including phenoxy) is 2. The van der Waals surface area contributed by atoms with Crippen molar-refractivity contribution in [3.05, 3.63) is 22.2 Å². The van der Waals surface area contributed by atoms with Gasteiger partial charge in [0.05, 0.1) is 0 Å². The second kappa shape index (κ2) is 4.98. The van der Waals surface area contributed by atoms with Crippen LogP contribution in [-0.4, -0.2) is 19.4 Å². The topological polar surface area (TPSA) is 30.5 Å². The van der Waals surface area contributed by atoms with Gasteiger partial charge in [0.2, 0.25) is 6.79 Å². The lowest BCUT2D eigenvalue weighted by atomic mass is 9.94. The van der Waals surface area contributed by atoms with Crippen molar-refractivity contribution in [1.82, 2.24) is 5.32 Å². The van der Waals surface area contributed by atoms with Crippen molar-refractivity contribution < 1.29 is 9.47 Å². The molecule has 1 aromatic rings. The SMILES string of the molecule is Cc1c(CC2CCCCN2)c(Cl)cc2c1OCO2. The molecule has 1 fully saturated rings. The van der Waals surface area contributed by atoms with Crippen LogP contribution in [0.3, 0.4) is 0 Å². The Kier molecular flexibility index (Phi) is 3.35. The highest BCUT2D eigenvalue weighted by Crippen LogP contribution is 2.41. The van der Waals surface area contributed by atoms with Crippen molar-refractivity contribution in [2.75, 3.05) is 13.3 Å². The maximum atomic E-state index is 6.37. The number of nitrogens with one attached hydrogen (secondary N) is 1. The molecule has 0 amide bonds. The summed E-state index contributed by atoms with van der Waals surface area (Å²) in [5, 5.41) is 4.35. The average molecular weight is 268 g/mol. The number of fused-ring (bicyclic) bond motifs is 1. The Morgan fingerprint density at radius 3 is 3.06 bits per heavy atom. The highest BCUT2D eigenvalue weighted by Gasteiger charge is 2.23. The Morgan fingerprint density at radius 2 is 2.28 bits per heavy atom. The summed E-state index contributed by atoms with van der Waals surface area (Å²) in [6.07, 6.45) is 4.79. The summed E-state index contributed by atoms with van der Waals surface area (Å²) in [4.78, 5) is 0. The molecule has 0 bridgehead atoms. The van der Waals surface area contributed by atoms with E-state index in [1.165, 1.54) is 24.8 Å². The Morgan fingerprint density at radius 1 is 1.39 bits per heavy atom. The van der Waals surface area contributed by atoms with E-state index in [9.17, 15) is 0 Å². The molecule has 0 spiro atoms. The first-order valence-corrected chi connectivity index (χ1v) is 6.94. The molecule has 0 saturated carbocycles. The van der Waals surface area contributed by atoms with E-state index in [-0.39, 0.29) is 0 Å². The van der Waals surface area contributed by atoms with Crippen molar-refractivity contribution in [3.63, 3.8) is 0 Å². The van der Waals surface area contributed by atoms with Gasteiger partial charge in [0.15, 0.2) is 11.5 Å². The lowest BCUT2D eigenvalue weighted by Gasteiger charge is -2.24. The van der Waals surface area contributed by atoms with Gasteiger partial charge in [0, 0.05) is 17.1 Å². The van der Waals surface area contributed by atoms with Crippen LogP contribution >= 0.6 is 11.6 Å². The maximum Gasteiger partial charge on any atom is 0.231 e. The van der Waals surface area contributed by atoms with E-state index in [2.05, 4.69) is 12.2 Å². The normalized spacial score (nSPS) is 22.2. The van der Waals surface area contributed by atoms with Crippen molar-refractivity contribution >= 4 is 11.6 Å². The molecule has 3 nitrogen and oxygen atoms in total. The standard InChI is InChI=1S/C14H18ClNO2/c1-9-11(6-10-4-2-3-5-16-10)12(15)7-13-14(9)18-8-17-13/h7,10,16H,2-6,8H2,1H3. The van der Waals surface area contributed by atoms with Crippen LogP contribution in [0.5, 0.6) is 11.5 Å². The van der Waals surface area contributed by atoms with Gasteiger partial charge in [-0.05, 0) is 43.9 Å². The fourth-order valence-electron chi connectivity index (χ4n) is 2.80. The van der Waals surface area contributed by atoms with Gasteiger partial charge < -0.3 is 14.8 Å². The number of hydrogen-bond acceptors (Lipinski definition) is 3. The summed E-state index contributed by atoms with van der Waals surface area (Å²) in [5.41, 5.74) is 2.32. The predicted molar refractivity (Wildman–Crippen MR) is 71.7 cm³/mol. The van der Waals surface area contributed by atoms with Crippen molar-refractivity contribution in [3.8, 4) is 11.5 Å². The molecule has 2 heterocycles. The van der Waals surface area contributed by atoms with Crippen molar-refractivity contribution in [2.24, 2.45) is 0 Å². The zero-order valence-electron chi connectivity index (χ0n) is 10.6. The Labute approximate surface area is 112 Å². The summed E-state index contributed by atoms with van der Waals surface area (Å²) in [5.74, 6) is 1.64. The summed E-state index contributed by atoms with van der Waals surface area (Å²) in [6, 6.07) is 2.42. The van der Waals surface area contributed by atoms with Crippen LogP contribution < -0.4 is 14.8 Å². The van der Waals surface area contributed by atoms with E-state index in [4.69, 9.17) is 21.1 Å². The van der Waals surface area contributed by atoms with E-state index in [0.717, 1.165) is 35.1 Å². The maximum absolute atomic E-state index is 6.37. The zero-order valence-corrected chi connectivity index (χ0v) is 11.3. The van der Waals surface area contributed by atoms with Crippen molar-refractivity contribution in [2.45, 2.75) is 38.6 Å². The van der Waals surface area contributed by atoms with Gasteiger partial charge in [-0.2, -0.15) is 0 Å². The summed E-state index contributed by atoms with van der Waals surface area (Å²) in [6.45, 7) is 3.49. The first kappa shape index (κ1) is 12.1. The molecule has 0 aliphatic carbocycles. The van der Waals surface area contributed by atoms with Gasteiger partial charge in [0.1, 0.15) is 0 Å². The number of halogens is 1. The predicted octanol–water partition coefficient (Wildman–Crippen LogP) is 3.06. The largest absolute Gasteiger partial charge is 0.454 e. The van der Waals surface area contributed by atoms with E-state index in [1.54, 1.807) is 0 Å². The van der Waals surface area contributed by atoms with Crippen molar-refractivity contribution in [1.29, 1.82) is 0 Å². The first-order chi connectivity index (χ1) is 8.75. The molecule has 1 N–H and O–H groups in total. The third-order valence-corrected chi connectivity index (χ3v) is 4.18. The minimum Gasteiger partial charge on any atom is -0.454 e. The second-order valence-electron chi connectivity index (χ2n) is 5.05. The molecule has 0 radical (unpaired) electrons. The molecule has 1 aromatic carbocycles. The molecule has 3 rings (SSSR count). The molecule has 1 atom stereocenters. The van der Waals surface area contributed by atoms with Crippen LogP contribution in [0.25, 0.3) is 0 Å². The Bertz CT molecular complexity index is 456. The summed E-state index contributed by atoms with van der Waals surface area (Å²) < 4.78 is 10.9. The molecule has 1 saturated heterocycles. The quantitative estimate of drug-likeness (QED) is 0.893. The van der Waals surface area contributed by atoms with Crippen LogP contribution in [0.4, 0.5) is 0 Å². The first-order valence-electron chi connectivity index (χ1n) is 6.56. The van der Waals surface area contributed by atoms with Gasteiger partial charge in [-0.1, -0.05) is 18.0 Å². The molecular formula is C14H18ClNO2. The fourth-order valence-corrected chi connectivity index (χ4v) is 3.12. The van der Waals surface area contributed by atoms with Crippen LogP contribution in [0.1, 0.15) is 30.4 Å². The molecular weight excluding hydrogens is 250 g/mol. The number of piperidine rings is 1. The van der Waals surface area contributed by atoms with Crippen LogP contribution in [0.2, 0.25) is 5.02 Å². The van der Waals surface area contributed by atoms with Crippen LogP contribution in [0, 0.1) is 6.92 Å². The van der Waals surface area contributed by atoms with Gasteiger partial charge in [-0.3, -0.25) is 0 Å². The van der Waals surface area contributed by atoms with Gasteiger partial charge >= 0.3 is 0 Å². The Balaban J connectivity index is 1.87. The smallest absolute Gasteiger partial charge is 0.231 e. The highest BCUT2D eigenvalue weighted by atomic mass is 35.5. The molecule has 2 aliphatic heterocycles. The summed E-state index contributed by atoms with van der Waals surface area (Å²) in [7, 11) is 0. The van der Waals surface area contributed by atoms with Crippen LogP contribution in [0.15, 0.2) is 6.07 Å². The third-order valence-electron chi connectivity index (χ3n) is 3.84. The molecule has 0 aromatic heterocycles.